The van der Waals surface area contributed by atoms with Crippen molar-refractivity contribution in [1.82, 2.24) is 15.2 Å². The highest BCUT2D eigenvalue weighted by Crippen LogP contribution is 2.63. The highest BCUT2D eigenvalue weighted by atomic mass is 16.4. The zero-order valence-corrected chi connectivity index (χ0v) is 17.3. The van der Waals surface area contributed by atoms with Crippen LogP contribution >= 0.6 is 0 Å². The summed E-state index contributed by atoms with van der Waals surface area (Å²) in [7, 11) is 0. The van der Waals surface area contributed by atoms with Crippen LogP contribution in [-0.4, -0.2) is 32.2 Å². The first-order valence-corrected chi connectivity index (χ1v) is 10.7. The molecule has 0 bridgehead atoms. The van der Waals surface area contributed by atoms with Crippen LogP contribution in [0.1, 0.15) is 54.4 Å². The molecule has 2 saturated carbocycles. The molecule has 1 amide bonds. The lowest BCUT2D eigenvalue weighted by atomic mass is 9.77. The van der Waals surface area contributed by atoms with E-state index in [1.807, 2.05) is 36.4 Å². The number of nitrogens with one attached hydrogen (secondary N) is 2. The second kappa shape index (κ2) is 8.07. The van der Waals surface area contributed by atoms with E-state index >= 15 is 0 Å². The molecule has 3 aromatic rings. The third-order valence-corrected chi connectivity index (χ3v) is 6.58. The molecular weight excluding hydrogens is 410 g/mol. The zero-order valence-electron chi connectivity index (χ0n) is 17.3. The van der Waals surface area contributed by atoms with Crippen molar-refractivity contribution in [2.45, 2.75) is 38.0 Å². The van der Waals surface area contributed by atoms with E-state index in [-0.39, 0.29) is 23.2 Å². The van der Waals surface area contributed by atoms with Crippen LogP contribution in [0.15, 0.2) is 53.1 Å². The normalized spacial score (nSPS) is 24.1. The monoisotopic (exact) mass is 433 g/mol. The molecule has 1 unspecified atom stereocenters. The summed E-state index contributed by atoms with van der Waals surface area (Å²) >= 11 is 0. The predicted molar refractivity (Wildman–Crippen MR) is 116 cm³/mol. The molecule has 9 heteroatoms. The number of hydrogen-bond acceptors (Lipinski definition) is 7. The van der Waals surface area contributed by atoms with Crippen molar-refractivity contribution in [2.75, 3.05) is 10.6 Å². The minimum atomic E-state index is -0.661. The van der Waals surface area contributed by atoms with Gasteiger partial charge < -0.3 is 20.2 Å². The van der Waals surface area contributed by atoms with E-state index in [1.54, 1.807) is 12.3 Å². The molecule has 2 heterocycles. The SMILES string of the molecule is O=C(Nc1ccc([C@H]2CC[C@@]3(CC2)CC3C(=O)O)nc1)c1nnc(Nc2ccccc2)o1. The molecule has 2 fully saturated rings. The van der Waals surface area contributed by atoms with Crippen molar-refractivity contribution in [3.8, 4) is 0 Å². The van der Waals surface area contributed by atoms with Gasteiger partial charge in [-0.2, -0.15) is 0 Å². The Kier molecular flexibility index (Phi) is 5.08. The molecule has 3 N–H and O–H groups in total. The molecule has 1 aromatic carbocycles. The summed E-state index contributed by atoms with van der Waals surface area (Å²) in [5.74, 6) is -1.17. The Hall–Kier alpha value is -3.75. The van der Waals surface area contributed by atoms with Gasteiger partial charge in [-0.3, -0.25) is 14.6 Å². The molecule has 2 aliphatic carbocycles. The average molecular weight is 433 g/mol. The maximum Gasteiger partial charge on any atom is 0.320 e. The fraction of sp³-hybridized carbons (Fsp3) is 0.348. The van der Waals surface area contributed by atoms with Gasteiger partial charge in [0.2, 0.25) is 0 Å². The van der Waals surface area contributed by atoms with E-state index in [0.29, 0.717) is 11.6 Å². The van der Waals surface area contributed by atoms with Crippen LogP contribution in [0, 0.1) is 11.3 Å². The zero-order chi connectivity index (χ0) is 22.1. The van der Waals surface area contributed by atoms with E-state index in [2.05, 4.69) is 25.8 Å². The summed E-state index contributed by atoms with van der Waals surface area (Å²) in [5, 5.41) is 22.5. The number of pyridine rings is 1. The van der Waals surface area contributed by atoms with Gasteiger partial charge in [0, 0.05) is 17.3 Å². The molecular formula is C23H23N5O4. The Morgan fingerprint density at radius 2 is 1.81 bits per heavy atom. The van der Waals surface area contributed by atoms with Gasteiger partial charge in [0.1, 0.15) is 0 Å². The number of carboxylic acid groups (broad SMARTS) is 1. The Morgan fingerprint density at radius 1 is 1.03 bits per heavy atom. The third kappa shape index (κ3) is 4.05. The minimum absolute atomic E-state index is 0.0224. The molecule has 1 spiro atoms. The van der Waals surface area contributed by atoms with Gasteiger partial charge in [-0.15, -0.1) is 5.10 Å². The summed E-state index contributed by atoms with van der Waals surface area (Å²) in [6, 6.07) is 13.2. The van der Waals surface area contributed by atoms with Crippen molar-refractivity contribution < 1.29 is 19.1 Å². The number of benzene rings is 1. The van der Waals surface area contributed by atoms with Crippen LogP contribution < -0.4 is 10.6 Å². The maximum absolute atomic E-state index is 12.4. The molecule has 2 aliphatic rings. The lowest BCUT2D eigenvalue weighted by Gasteiger charge is -2.28. The van der Waals surface area contributed by atoms with Crippen LogP contribution in [0.5, 0.6) is 0 Å². The van der Waals surface area contributed by atoms with Crippen LogP contribution in [0.4, 0.5) is 17.4 Å². The number of carbonyl (C=O) groups excluding carboxylic acids is 1. The van der Waals surface area contributed by atoms with Crippen molar-refractivity contribution in [2.24, 2.45) is 11.3 Å². The fourth-order valence-corrected chi connectivity index (χ4v) is 4.65. The second-order valence-electron chi connectivity index (χ2n) is 8.56. The Morgan fingerprint density at radius 3 is 2.47 bits per heavy atom. The summed E-state index contributed by atoms with van der Waals surface area (Å²) in [6.45, 7) is 0. The Labute approximate surface area is 184 Å². The largest absolute Gasteiger partial charge is 0.481 e. The molecule has 5 rings (SSSR count). The molecule has 164 valence electrons. The third-order valence-electron chi connectivity index (χ3n) is 6.58. The highest BCUT2D eigenvalue weighted by Gasteiger charge is 2.58. The van der Waals surface area contributed by atoms with E-state index in [1.165, 1.54) is 0 Å². The van der Waals surface area contributed by atoms with Crippen LogP contribution in [0.3, 0.4) is 0 Å². The lowest BCUT2D eigenvalue weighted by Crippen LogP contribution is -2.19. The maximum atomic E-state index is 12.4. The standard InChI is InChI=1S/C23H23N5O4/c29-19(20-27-28-22(32-20)26-15-4-2-1-3-5-15)25-16-6-7-18(24-13-16)14-8-10-23(11-9-14)12-17(23)21(30)31/h1-7,13-14,17H,8-12H2,(H,25,29)(H,26,28)(H,30,31)/t14-,17?,23+. The quantitative estimate of drug-likeness (QED) is 0.527. The number of carboxylic acids is 1. The predicted octanol–water partition coefficient (Wildman–Crippen LogP) is 4.21. The lowest BCUT2D eigenvalue weighted by molar-refractivity contribution is -0.139. The molecule has 0 aliphatic heterocycles. The van der Waals surface area contributed by atoms with Crippen LogP contribution in [-0.2, 0) is 4.79 Å². The molecule has 0 saturated heterocycles. The molecule has 9 nitrogen and oxygen atoms in total. The highest BCUT2D eigenvalue weighted by molar-refractivity contribution is 6.00. The number of hydrogen-bond donors (Lipinski definition) is 3. The van der Waals surface area contributed by atoms with E-state index in [0.717, 1.165) is 43.5 Å². The van der Waals surface area contributed by atoms with E-state index < -0.39 is 11.9 Å². The van der Waals surface area contributed by atoms with Gasteiger partial charge in [0.25, 0.3) is 0 Å². The van der Waals surface area contributed by atoms with E-state index in [4.69, 9.17) is 4.42 Å². The van der Waals surface area contributed by atoms with Crippen LogP contribution in [0.25, 0.3) is 0 Å². The van der Waals surface area contributed by atoms with Gasteiger partial charge in [-0.25, -0.2) is 0 Å². The number of amides is 1. The first-order chi connectivity index (χ1) is 15.5. The average Bonchev–Trinajstić information content (AvgIpc) is 3.30. The molecule has 1 atom stereocenters. The number of para-hydroxylation sites is 1. The topological polar surface area (TPSA) is 130 Å². The van der Waals surface area contributed by atoms with Gasteiger partial charge in [-0.1, -0.05) is 23.3 Å². The second-order valence-corrected chi connectivity index (χ2v) is 8.56. The number of aliphatic carboxylic acids is 1. The number of carbonyl (C=O) groups is 2. The minimum Gasteiger partial charge on any atom is -0.481 e. The van der Waals surface area contributed by atoms with Crippen molar-refractivity contribution >= 4 is 29.3 Å². The molecule has 2 aromatic heterocycles. The van der Waals surface area contributed by atoms with Gasteiger partial charge in [-0.05, 0) is 61.8 Å². The fourth-order valence-electron chi connectivity index (χ4n) is 4.65. The van der Waals surface area contributed by atoms with Crippen molar-refractivity contribution in [3.05, 3.63) is 60.2 Å². The van der Waals surface area contributed by atoms with Gasteiger partial charge in [0.05, 0.1) is 17.8 Å². The number of nitrogens with zero attached hydrogens (tertiary/aromatic N) is 3. The summed E-state index contributed by atoms with van der Waals surface area (Å²) < 4.78 is 5.38. The van der Waals surface area contributed by atoms with Crippen molar-refractivity contribution in [1.29, 1.82) is 0 Å². The first-order valence-electron chi connectivity index (χ1n) is 10.7. The number of aromatic nitrogens is 3. The molecule has 0 radical (unpaired) electrons. The Balaban J connectivity index is 1.16. The number of rotatable bonds is 6. The molecule has 32 heavy (non-hydrogen) atoms. The summed E-state index contributed by atoms with van der Waals surface area (Å²) in [4.78, 5) is 28.2. The smallest absolute Gasteiger partial charge is 0.320 e. The van der Waals surface area contributed by atoms with Gasteiger partial charge in [0.15, 0.2) is 0 Å². The summed E-state index contributed by atoms with van der Waals surface area (Å²) in [5.41, 5.74) is 2.30. The van der Waals surface area contributed by atoms with Crippen molar-refractivity contribution in [3.63, 3.8) is 0 Å². The number of anilines is 3. The van der Waals surface area contributed by atoms with Gasteiger partial charge >= 0.3 is 23.8 Å². The Bertz CT molecular complexity index is 1120. The van der Waals surface area contributed by atoms with Crippen LogP contribution in [0.2, 0.25) is 0 Å². The summed E-state index contributed by atoms with van der Waals surface area (Å²) in [6.07, 6.45) is 6.19. The van der Waals surface area contributed by atoms with E-state index in [9.17, 15) is 14.7 Å². The first kappa shape index (κ1) is 20.2.